The SMILES string of the molecule is Cc1cccc2c1c(CS)cn2C. The predicted molar refractivity (Wildman–Crippen MR) is 60.3 cm³/mol. The van der Waals surface area contributed by atoms with Crippen LogP contribution in [0.3, 0.4) is 0 Å². The minimum absolute atomic E-state index is 0.808. The third-order valence-electron chi connectivity index (χ3n) is 2.47. The molecule has 68 valence electrons. The summed E-state index contributed by atoms with van der Waals surface area (Å²) in [6.45, 7) is 2.15. The monoisotopic (exact) mass is 191 g/mol. The first-order valence-electron chi connectivity index (χ1n) is 4.38. The molecule has 1 heterocycles. The maximum Gasteiger partial charge on any atom is 0.0483 e. The molecule has 2 aromatic rings. The highest BCUT2D eigenvalue weighted by Crippen LogP contribution is 2.24. The van der Waals surface area contributed by atoms with Crippen LogP contribution in [0.4, 0.5) is 0 Å². The predicted octanol–water partition coefficient (Wildman–Crippen LogP) is 2.92. The van der Waals surface area contributed by atoms with Crippen molar-refractivity contribution in [1.29, 1.82) is 0 Å². The fourth-order valence-corrected chi connectivity index (χ4v) is 2.09. The first kappa shape index (κ1) is 8.70. The van der Waals surface area contributed by atoms with Crippen molar-refractivity contribution in [2.45, 2.75) is 12.7 Å². The van der Waals surface area contributed by atoms with Gasteiger partial charge in [-0.2, -0.15) is 12.6 Å². The molecule has 0 atom stereocenters. The van der Waals surface area contributed by atoms with E-state index >= 15 is 0 Å². The van der Waals surface area contributed by atoms with Gasteiger partial charge < -0.3 is 4.57 Å². The number of rotatable bonds is 1. The lowest BCUT2D eigenvalue weighted by atomic mass is 10.1. The first-order chi connectivity index (χ1) is 6.24. The van der Waals surface area contributed by atoms with Crippen LogP contribution in [0, 0.1) is 6.92 Å². The molecule has 13 heavy (non-hydrogen) atoms. The van der Waals surface area contributed by atoms with E-state index in [1.54, 1.807) is 0 Å². The number of hydrogen-bond donors (Lipinski definition) is 1. The van der Waals surface area contributed by atoms with Crippen molar-refractivity contribution in [1.82, 2.24) is 4.57 Å². The van der Waals surface area contributed by atoms with E-state index < -0.39 is 0 Å². The zero-order valence-corrected chi connectivity index (χ0v) is 8.81. The van der Waals surface area contributed by atoms with E-state index in [2.05, 4.69) is 55.6 Å². The summed E-state index contributed by atoms with van der Waals surface area (Å²) in [5.41, 5.74) is 3.95. The molecule has 0 spiro atoms. The highest BCUT2D eigenvalue weighted by molar-refractivity contribution is 7.79. The van der Waals surface area contributed by atoms with Gasteiger partial charge >= 0.3 is 0 Å². The first-order valence-corrected chi connectivity index (χ1v) is 5.01. The largest absolute Gasteiger partial charge is 0.350 e. The van der Waals surface area contributed by atoms with E-state index in [9.17, 15) is 0 Å². The smallest absolute Gasteiger partial charge is 0.0483 e. The molecule has 1 aromatic heterocycles. The number of thiol groups is 1. The van der Waals surface area contributed by atoms with Gasteiger partial charge in [0.2, 0.25) is 0 Å². The molecule has 0 unspecified atom stereocenters. The molecule has 1 aromatic carbocycles. The molecule has 2 rings (SSSR count). The van der Waals surface area contributed by atoms with E-state index in [1.165, 1.54) is 22.0 Å². The highest BCUT2D eigenvalue weighted by Gasteiger charge is 2.06. The molecule has 0 bridgehead atoms. The maximum absolute atomic E-state index is 4.33. The van der Waals surface area contributed by atoms with Gasteiger partial charge in [0.05, 0.1) is 0 Å². The minimum Gasteiger partial charge on any atom is -0.350 e. The summed E-state index contributed by atoms with van der Waals surface area (Å²) in [6.07, 6.45) is 2.16. The van der Waals surface area contributed by atoms with Gasteiger partial charge in [-0.05, 0) is 24.1 Å². The maximum atomic E-state index is 4.33. The molecule has 0 aliphatic rings. The van der Waals surface area contributed by atoms with Crippen molar-refractivity contribution in [2.75, 3.05) is 0 Å². The van der Waals surface area contributed by atoms with E-state index in [0.29, 0.717) is 0 Å². The lowest BCUT2D eigenvalue weighted by Crippen LogP contribution is -1.83. The zero-order chi connectivity index (χ0) is 9.42. The highest BCUT2D eigenvalue weighted by atomic mass is 32.1. The van der Waals surface area contributed by atoms with Crippen LogP contribution in [0.5, 0.6) is 0 Å². The lowest BCUT2D eigenvalue weighted by molar-refractivity contribution is 0.963. The second-order valence-corrected chi connectivity index (χ2v) is 3.71. The van der Waals surface area contributed by atoms with E-state index in [4.69, 9.17) is 0 Å². The number of fused-ring (bicyclic) bond motifs is 1. The molecular weight excluding hydrogens is 178 g/mol. The molecule has 0 aliphatic carbocycles. The summed E-state index contributed by atoms with van der Waals surface area (Å²) in [5, 5.41) is 1.36. The number of nitrogens with zero attached hydrogens (tertiary/aromatic N) is 1. The van der Waals surface area contributed by atoms with Crippen LogP contribution in [0.15, 0.2) is 24.4 Å². The summed E-state index contributed by atoms with van der Waals surface area (Å²) in [7, 11) is 2.08. The average molecular weight is 191 g/mol. The van der Waals surface area contributed by atoms with Crippen molar-refractivity contribution >= 4 is 23.5 Å². The molecular formula is C11H13NS. The molecule has 0 saturated heterocycles. The van der Waals surface area contributed by atoms with Gasteiger partial charge in [0.1, 0.15) is 0 Å². The van der Waals surface area contributed by atoms with Crippen molar-refractivity contribution < 1.29 is 0 Å². The van der Waals surface area contributed by atoms with Crippen LogP contribution < -0.4 is 0 Å². The third-order valence-corrected chi connectivity index (χ3v) is 2.81. The van der Waals surface area contributed by atoms with Crippen LogP contribution in [0.2, 0.25) is 0 Å². The summed E-state index contributed by atoms with van der Waals surface area (Å²) in [6, 6.07) is 6.39. The topological polar surface area (TPSA) is 4.93 Å². The van der Waals surface area contributed by atoms with Gasteiger partial charge in [-0.25, -0.2) is 0 Å². The Hall–Kier alpha value is -0.890. The van der Waals surface area contributed by atoms with Gasteiger partial charge in [0.15, 0.2) is 0 Å². The fourth-order valence-electron chi connectivity index (χ4n) is 1.85. The average Bonchev–Trinajstić information content (AvgIpc) is 2.45. The molecule has 0 radical (unpaired) electrons. The molecule has 1 nitrogen and oxygen atoms in total. The Morgan fingerprint density at radius 2 is 2.15 bits per heavy atom. The second-order valence-electron chi connectivity index (χ2n) is 3.39. The number of aromatic nitrogens is 1. The second kappa shape index (κ2) is 3.11. The molecule has 2 heteroatoms. The van der Waals surface area contributed by atoms with Crippen LogP contribution in [0.1, 0.15) is 11.1 Å². The van der Waals surface area contributed by atoms with E-state index in [0.717, 1.165) is 5.75 Å². The summed E-state index contributed by atoms with van der Waals surface area (Å²) >= 11 is 4.33. The Labute approximate surface area is 83.8 Å². The van der Waals surface area contributed by atoms with Gasteiger partial charge in [-0.15, -0.1) is 0 Å². The third kappa shape index (κ3) is 1.25. The van der Waals surface area contributed by atoms with Gasteiger partial charge in [0.25, 0.3) is 0 Å². The normalized spacial score (nSPS) is 11.0. The van der Waals surface area contributed by atoms with E-state index in [1.807, 2.05) is 0 Å². The van der Waals surface area contributed by atoms with Gasteiger partial charge in [0, 0.05) is 29.9 Å². The van der Waals surface area contributed by atoms with Crippen molar-refractivity contribution in [3.63, 3.8) is 0 Å². The summed E-state index contributed by atoms with van der Waals surface area (Å²) in [5.74, 6) is 0.808. The summed E-state index contributed by atoms with van der Waals surface area (Å²) < 4.78 is 2.16. The molecule has 0 aliphatic heterocycles. The van der Waals surface area contributed by atoms with E-state index in [-0.39, 0.29) is 0 Å². The van der Waals surface area contributed by atoms with Gasteiger partial charge in [-0.3, -0.25) is 0 Å². The quantitative estimate of drug-likeness (QED) is 0.661. The van der Waals surface area contributed by atoms with Crippen LogP contribution in [-0.4, -0.2) is 4.57 Å². The standard InChI is InChI=1S/C11H13NS/c1-8-4-3-5-10-11(8)9(7-13)6-12(10)2/h3-6,13H,7H2,1-2H3. The number of aryl methyl sites for hydroxylation is 2. The Morgan fingerprint density at radius 3 is 2.85 bits per heavy atom. The molecule has 0 N–H and O–H groups in total. The Morgan fingerprint density at radius 1 is 1.38 bits per heavy atom. The van der Waals surface area contributed by atoms with Crippen LogP contribution in [0.25, 0.3) is 10.9 Å². The minimum atomic E-state index is 0.808. The molecule has 0 fully saturated rings. The van der Waals surface area contributed by atoms with Crippen molar-refractivity contribution in [2.24, 2.45) is 7.05 Å². The Kier molecular flexibility index (Phi) is 2.08. The summed E-state index contributed by atoms with van der Waals surface area (Å²) in [4.78, 5) is 0. The number of benzene rings is 1. The van der Waals surface area contributed by atoms with Crippen molar-refractivity contribution in [3.8, 4) is 0 Å². The Balaban J connectivity index is 2.89. The zero-order valence-electron chi connectivity index (χ0n) is 7.91. The Bertz CT molecular complexity index is 443. The molecule has 0 amide bonds. The fraction of sp³-hybridized carbons (Fsp3) is 0.273. The van der Waals surface area contributed by atoms with Crippen LogP contribution in [-0.2, 0) is 12.8 Å². The van der Waals surface area contributed by atoms with Gasteiger partial charge in [-0.1, -0.05) is 12.1 Å². The molecule has 0 saturated carbocycles. The van der Waals surface area contributed by atoms with Crippen LogP contribution >= 0.6 is 12.6 Å². The lowest BCUT2D eigenvalue weighted by Gasteiger charge is -1.99. The van der Waals surface area contributed by atoms with Crippen molar-refractivity contribution in [3.05, 3.63) is 35.5 Å². The number of hydrogen-bond acceptors (Lipinski definition) is 1.